The van der Waals surface area contributed by atoms with Crippen LogP contribution in [0.25, 0.3) is 11.0 Å². The van der Waals surface area contributed by atoms with Gasteiger partial charge in [-0.2, -0.15) is 0 Å². The van der Waals surface area contributed by atoms with Crippen LogP contribution < -0.4 is 0 Å². The summed E-state index contributed by atoms with van der Waals surface area (Å²) in [4.78, 5) is 9.89. The van der Waals surface area contributed by atoms with E-state index in [9.17, 15) is 0 Å². The molecule has 1 heterocycles. The third-order valence-corrected chi connectivity index (χ3v) is 2.72. The number of aryl methyl sites for hydroxylation is 1. The van der Waals surface area contributed by atoms with Crippen molar-refractivity contribution in [3.8, 4) is 0 Å². The van der Waals surface area contributed by atoms with Crippen molar-refractivity contribution >= 4 is 11.0 Å². The van der Waals surface area contributed by atoms with E-state index in [1.807, 2.05) is 43.3 Å². The number of nitrogens with zero attached hydrogens (tertiary/aromatic N) is 2. The molecule has 0 radical (unpaired) electrons. The summed E-state index contributed by atoms with van der Waals surface area (Å²) in [6.07, 6.45) is 1.85. The molecule has 0 saturated carbocycles. The van der Waals surface area contributed by atoms with Gasteiger partial charge in [0.2, 0.25) is 0 Å². The number of aromatic amines is 1. The highest BCUT2D eigenvalue weighted by Gasteiger charge is 2.03. The van der Waals surface area contributed by atoms with Gasteiger partial charge in [0.05, 0.1) is 11.0 Å². The Hall–Kier alpha value is -1.77. The van der Waals surface area contributed by atoms with Crippen LogP contribution >= 0.6 is 0 Å². The minimum absolute atomic E-state index is 0.908. The molecule has 0 amide bonds. The van der Waals surface area contributed by atoms with E-state index in [2.05, 4.69) is 16.5 Å². The van der Waals surface area contributed by atoms with Gasteiger partial charge < -0.3 is 9.88 Å². The van der Waals surface area contributed by atoms with Crippen LogP contribution in [0.5, 0.6) is 0 Å². The second-order valence-electron chi connectivity index (χ2n) is 4.16. The van der Waals surface area contributed by atoms with Gasteiger partial charge in [0.25, 0.3) is 0 Å². The second kappa shape index (κ2) is 4.39. The van der Waals surface area contributed by atoms with Gasteiger partial charge in [0.1, 0.15) is 5.82 Å². The van der Waals surface area contributed by atoms with E-state index in [1.54, 1.807) is 0 Å². The molecule has 0 aliphatic heterocycles. The maximum atomic E-state index is 4.53. The predicted molar refractivity (Wildman–Crippen MR) is 67.2 cm³/mol. The molecule has 0 fully saturated rings. The Balaban J connectivity index is 2.07. The maximum absolute atomic E-state index is 4.53. The molecule has 0 aliphatic carbocycles. The highest BCUT2D eigenvalue weighted by Crippen LogP contribution is 2.13. The van der Waals surface area contributed by atoms with Crippen molar-refractivity contribution in [3.63, 3.8) is 0 Å². The number of hydrogen-bond acceptors (Lipinski definition) is 2. The molecule has 1 aromatic carbocycles. The molecule has 3 nitrogen and oxygen atoms in total. The first-order chi connectivity index (χ1) is 7.66. The fourth-order valence-electron chi connectivity index (χ4n) is 1.61. The lowest BCUT2D eigenvalue weighted by atomic mass is 10.2. The largest absolute Gasteiger partial charge is 0.381 e. The number of rotatable bonds is 4. The monoisotopic (exact) mass is 215 g/mol. The third-order valence-electron chi connectivity index (χ3n) is 2.72. The molecule has 2 rings (SSSR count). The number of imidazole rings is 1. The summed E-state index contributed by atoms with van der Waals surface area (Å²) >= 11 is 0. The van der Waals surface area contributed by atoms with Crippen molar-refractivity contribution in [1.82, 2.24) is 14.9 Å². The van der Waals surface area contributed by atoms with Crippen molar-refractivity contribution in [2.45, 2.75) is 12.8 Å². The van der Waals surface area contributed by atoms with E-state index >= 15 is 0 Å². The van der Waals surface area contributed by atoms with E-state index < -0.39 is 0 Å². The van der Waals surface area contributed by atoms with Gasteiger partial charge in [0.15, 0.2) is 0 Å². The zero-order valence-corrected chi connectivity index (χ0v) is 9.83. The summed E-state index contributed by atoms with van der Waals surface area (Å²) in [6, 6.07) is 8.09. The Bertz CT molecular complexity index is 464. The first-order valence-electron chi connectivity index (χ1n) is 5.45. The van der Waals surface area contributed by atoms with Crippen molar-refractivity contribution in [1.29, 1.82) is 0 Å². The molecule has 0 atom stereocenters. The lowest BCUT2D eigenvalue weighted by Gasteiger charge is -2.14. The van der Waals surface area contributed by atoms with Gasteiger partial charge in [-0.05, 0) is 18.6 Å². The van der Waals surface area contributed by atoms with Gasteiger partial charge in [-0.3, -0.25) is 0 Å². The smallest absolute Gasteiger partial charge is 0.107 e. The summed E-state index contributed by atoms with van der Waals surface area (Å²) in [5.41, 5.74) is 3.27. The van der Waals surface area contributed by atoms with Crippen LogP contribution in [0.3, 0.4) is 0 Å². The first-order valence-corrected chi connectivity index (χ1v) is 5.45. The maximum Gasteiger partial charge on any atom is 0.107 e. The quantitative estimate of drug-likeness (QED) is 0.850. The van der Waals surface area contributed by atoms with Crippen LogP contribution in [0.1, 0.15) is 12.2 Å². The zero-order valence-electron chi connectivity index (χ0n) is 9.83. The van der Waals surface area contributed by atoms with E-state index in [0.29, 0.717) is 0 Å². The van der Waals surface area contributed by atoms with Crippen LogP contribution in [0.2, 0.25) is 0 Å². The summed E-state index contributed by atoms with van der Waals surface area (Å²) < 4.78 is 0. The Morgan fingerprint density at radius 3 is 2.81 bits per heavy atom. The molecule has 3 heteroatoms. The molecule has 0 saturated heterocycles. The summed E-state index contributed by atoms with van der Waals surface area (Å²) in [5, 5.41) is 0. The molecule has 0 bridgehead atoms. The topological polar surface area (TPSA) is 31.9 Å². The van der Waals surface area contributed by atoms with Gasteiger partial charge in [-0.15, -0.1) is 0 Å². The standard InChI is InChI=1S/C13H17N3/c1-10(16(2)3)8-9-13-14-11-6-4-5-7-12(11)15-13/h4-7H,1,8-9H2,2-3H3,(H,14,15). The third kappa shape index (κ3) is 2.24. The van der Waals surface area contributed by atoms with Crippen molar-refractivity contribution in [2.75, 3.05) is 14.1 Å². The number of H-pyrrole nitrogens is 1. The van der Waals surface area contributed by atoms with E-state index in [4.69, 9.17) is 0 Å². The SMILES string of the molecule is C=C(CCc1nc2ccccc2[nH]1)N(C)C. The number of allylic oxidation sites excluding steroid dienone is 1. The molecule has 84 valence electrons. The fourth-order valence-corrected chi connectivity index (χ4v) is 1.61. The van der Waals surface area contributed by atoms with Gasteiger partial charge >= 0.3 is 0 Å². The Morgan fingerprint density at radius 1 is 1.38 bits per heavy atom. The number of fused-ring (bicyclic) bond motifs is 1. The Morgan fingerprint density at radius 2 is 2.12 bits per heavy atom. The lowest BCUT2D eigenvalue weighted by molar-refractivity contribution is 0.488. The van der Waals surface area contributed by atoms with Crippen LogP contribution in [-0.2, 0) is 6.42 Å². The molecule has 16 heavy (non-hydrogen) atoms. The van der Waals surface area contributed by atoms with Gasteiger partial charge in [-0.1, -0.05) is 18.7 Å². The predicted octanol–water partition coefficient (Wildman–Crippen LogP) is 2.57. The highest BCUT2D eigenvalue weighted by atomic mass is 15.1. The minimum atomic E-state index is 0.908. The number of aromatic nitrogens is 2. The van der Waals surface area contributed by atoms with Crippen molar-refractivity contribution in [2.24, 2.45) is 0 Å². The van der Waals surface area contributed by atoms with E-state index in [0.717, 1.165) is 35.4 Å². The lowest BCUT2D eigenvalue weighted by Crippen LogP contribution is -2.10. The minimum Gasteiger partial charge on any atom is -0.381 e. The molecular weight excluding hydrogens is 198 g/mol. The number of benzene rings is 1. The van der Waals surface area contributed by atoms with Crippen LogP contribution in [0.4, 0.5) is 0 Å². The number of nitrogens with one attached hydrogen (secondary N) is 1. The summed E-state index contributed by atoms with van der Waals surface area (Å²) in [5.74, 6) is 1.03. The molecule has 1 N–H and O–H groups in total. The Labute approximate surface area is 95.8 Å². The van der Waals surface area contributed by atoms with Crippen LogP contribution in [-0.4, -0.2) is 29.0 Å². The normalized spacial score (nSPS) is 10.6. The average molecular weight is 215 g/mol. The molecule has 0 spiro atoms. The van der Waals surface area contributed by atoms with Crippen LogP contribution in [0, 0.1) is 0 Å². The van der Waals surface area contributed by atoms with Crippen molar-refractivity contribution in [3.05, 3.63) is 42.4 Å². The molecule has 0 aliphatic rings. The van der Waals surface area contributed by atoms with Gasteiger partial charge in [0, 0.05) is 26.2 Å². The highest BCUT2D eigenvalue weighted by molar-refractivity contribution is 5.74. The first kappa shape index (κ1) is 10.7. The van der Waals surface area contributed by atoms with E-state index in [-0.39, 0.29) is 0 Å². The molecule has 1 aromatic heterocycles. The summed E-state index contributed by atoms with van der Waals surface area (Å²) in [7, 11) is 4.03. The average Bonchev–Trinajstić information content (AvgIpc) is 2.68. The molecule has 2 aromatic rings. The number of para-hydroxylation sites is 2. The van der Waals surface area contributed by atoms with Crippen molar-refractivity contribution < 1.29 is 0 Å². The zero-order chi connectivity index (χ0) is 11.5. The molecular formula is C13H17N3. The van der Waals surface area contributed by atoms with Gasteiger partial charge in [-0.25, -0.2) is 4.98 Å². The molecule has 0 unspecified atom stereocenters. The van der Waals surface area contributed by atoms with E-state index in [1.165, 1.54) is 0 Å². The van der Waals surface area contributed by atoms with Crippen LogP contribution in [0.15, 0.2) is 36.5 Å². The fraction of sp³-hybridized carbons (Fsp3) is 0.308. The Kier molecular flexibility index (Phi) is 2.95. The summed E-state index contributed by atoms with van der Waals surface area (Å²) in [6.45, 7) is 4.01. The number of hydrogen-bond donors (Lipinski definition) is 1. The second-order valence-corrected chi connectivity index (χ2v) is 4.16.